The predicted molar refractivity (Wildman–Crippen MR) is 296 cm³/mol. The van der Waals surface area contributed by atoms with Crippen LogP contribution in [0.1, 0.15) is 39.5 Å². The van der Waals surface area contributed by atoms with E-state index in [4.69, 9.17) is 16.5 Å². The van der Waals surface area contributed by atoms with Crippen LogP contribution in [0.2, 0.25) is 95.7 Å². The molecule has 490 valence electrons. The van der Waals surface area contributed by atoms with Gasteiger partial charge in [-0.3, -0.25) is 9.64 Å². The minimum atomic E-state index is -7.06. The number of benzene rings is 1. The summed E-state index contributed by atoms with van der Waals surface area (Å²) in [5.41, 5.74) is 0.628. The van der Waals surface area contributed by atoms with Crippen molar-refractivity contribution in [3.05, 3.63) is 24.3 Å². The van der Waals surface area contributed by atoms with Crippen LogP contribution < -0.4 is 10.1 Å². The van der Waals surface area contributed by atoms with E-state index in [1.165, 1.54) is 55.7 Å². The predicted octanol–water partition coefficient (Wildman–Crippen LogP) is 12.6. The molecule has 0 fully saturated rings. The average molecular weight is 1390 g/mol. The topological polar surface area (TPSA) is 84.9 Å². The van der Waals surface area contributed by atoms with E-state index >= 15 is 0 Å². The Morgan fingerprint density at radius 2 is 1.01 bits per heavy atom. The first-order chi connectivity index (χ1) is 36.7. The molecule has 1 amide bonds. The quantitative estimate of drug-likeness (QED) is 0.0270. The molecule has 0 radical (unpaired) electrons. The largest absolute Gasteiger partial charge is 0.463 e. The van der Waals surface area contributed by atoms with E-state index in [-0.39, 0.29) is 35.7 Å². The summed E-state index contributed by atoms with van der Waals surface area (Å²) in [6.07, 6.45) is -26.7. The molecule has 0 aromatic heterocycles. The summed E-state index contributed by atoms with van der Waals surface area (Å²) < 4.78 is 283. The molecule has 0 saturated heterocycles. The third-order valence-corrected chi connectivity index (χ3v) is 30.9. The molecule has 1 aromatic carbocycles. The Morgan fingerprint density at radius 3 is 1.33 bits per heavy atom. The van der Waals surface area contributed by atoms with Crippen molar-refractivity contribution < 1.29 is 132 Å². The van der Waals surface area contributed by atoms with Crippen molar-refractivity contribution in [1.82, 2.24) is 0 Å². The zero-order valence-corrected chi connectivity index (χ0v) is 59.2. The average Bonchev–Trinajstić information content (AvgIpc) is 3.31. The number of unbranched alkanes of at least 4 members (excludes halogenated alkanes) is 1. The van der Waals surface area contributed by atoms with Crippen LogP contribution >= 0.6 is 0 Å². The summed E-state index contributed by atoms with van der Waals surface area (Å²) >= 11 is 0. The molecule has 40 heteroatoms. The molecule has 1 atom stereocenters. The van der Waals surface area contributed by atoms with Crippen LogP contribution in [-0.2, 0) is 30.9 Å². The summed E-state index contributed by atoms with van der Waals surface area (Å²) in [5.74, 6) is -12.6. The van der Waals surface area contributed by atoms with Crippen molar-refractivity contribution in [2.45, 2.75) is 178 Å². The van der Waals surface area contributed by atoms with Crippen LogP contribution in [0.15, 0.2) is 24.3 Å². The number of rotatable bonds is 28. The van der Waals surface area contributed by atoms with E-state index in [1.54, 1.807) is 6.07 Å². The Labute approximate surface area is 478 Å². The molecular weight excluding hydrogens is 1310 g/mol. The Hall–Kier alpha value is -1.18. The summed E-state index contributed by atoms with van der Waals surface area (Å²) in [6, 6.07) is 13.3. The van der Waals surface area contributed by atoms with Gasteiger partial charge in [0.2, 0.25) is 6.93 Å². The molecule has 1 aromatic rings. The Morgan fingerprint density at radius 1 is 0.605 bits per heavy atom. The van der Waals surface area contributed by atoms with Crippen molar-refractivity contribution in [1.29, 1.82) is 0 Å². The monoisotopic (exact) mass is 1390 g/mol. The maximum atomic E-state index is 13.7. The fraction of sp³-hybridized carbons (Fsp3) is 0.829. The number of amides is 1. The van der Waals surface area contributed by atoms with E-state index in [2.05, 4.69) is 86.7 Å². The van der Waals surface area contributed by atoms with Gasteiger partial charge < -0.3 is 21.2 Å². The molecule has 0 aliphatic carbocycles. The van der Waals surface area contributed by atoms with Gasteiger partial charge in [-0.2, -0.15) is 79.6 Å². The summed E-state index contributed by atoms with van der Waals surface area (Å²) in [6.45, 7) is 17.5. The first kappa shape index (κ1) is 91.0. The van der Waals surface area contributed by atoms with Crippen molar-refractivity contribution in [3.63, 3.8) is 0 Å². The molecule has 0 saturated carbocycles. The van der Waals surface area contributed by atoms with Crippen molar-refractivity contribution in [2.75, 3.05) is 45.4 Å². The minimum Gasteiger partial charge on any atom is -0.463 e. The molecule has 0 N–H and O–H groups in total. The second-order valence-corrected chi connectivity index (χ2v) is 41.5. The first-order valence-corrected chi connectivity index (χ1v) is 45.7. The van der Waals surface area contributed by atoms with Gasteiger partial charge in [0.15, 0.2) is 49.4 Å². The van der Waals surface area contributed by atoms with Gasteiger partial charge in [0, 0.05) is 19.3 Å². The van der Waals surface area contributed by atoms with Crippen LogP contribution in [0.25, 0.3) is 0 Å². The lowest BCUT2D eigenvalue weighted by Gasteiger charge is -2.34. The number of carbonyl (C=O) groups is 1. The summed E-state index contributed by atoms with van der Waals surface area (Å²) in [5, 5.41) is 1.27. The van der Waals surface area contributed by atoms with Gasteiger partial charge in [-0.05, 0) is 99.6 Å². The molecule has 0 bridgehead atoms. The zero-order chi connectivity index (χ0) is 65.1. The second-order valence-electron chi connectivity index (χ2n) is 18.5. The number of hydrogen-bond donors (Lipinski definition) is 0. The first-order valence-electron chi connectivity index (χ1n) is 25.1. The molecule has 1 unspecified atom stereocenters. The zero-order valence-electron chi connectivity index (χ0n) is 47.9. The smallest absolute Gasteiger partial charge is 0.462 e. The Kier molecular flexibility index (Phi) is 53.8. The van der Waals surface area contributed by atoms with Crippen LogP contribution in [-0.4, -0.2) is 173 Å². The summed E-state index contributed by atoms with van der Waals surface area (Å²) in [7, 11) is -5.09. The maximum Gasteiger partial charge on any atom is 0.462 e. The van der Waals surface area contributed by atoms with Crippen molar-refractivity contribution in [3.8, 4) is 0 Å². The van der Waals surface area contributed by atoms with Gasteiger partial charge in [-0.1, -0.05) is 69.6 Å². The lowest BCUT2D eigenvalue weighted by atomic mass is 10.2. The number of hydrogen-bond acceptors (Lipinski definition) is 8. The lowest BCUT2D eigenvalue weighted by molar-refractivity contribution is -0.486. The van der Waals surface area contributed by atoms with Gasteiger partial charge in [-0.15, -0.1) is 4.39 Å². The third-order valence-electron chi connectivity index (χ3n) is 9.05. The molecule has 0 aliphatic heterocycles. The Bertz CT molecular complexity index is 1650. The standard InChI is InChI=1S/C14H26FNO2Si3.C11H17F11O3Si2.C6H18OSi2.C5H16OSi2.C2H2F4O.C2H2F4.CH2F2/c1-16(14(15)17)12-7-6-8-13(11-12)21(4,5)10-9-19-18-20(2)3;1-27(2)25-26-5-3-4-23-6-7(12,9(15,16)17)24-11(21,22)8(13,14)10(18,19)20;1-4-5-6-8-7-9(2)3;1-4-5-7-6-8(2)3;3-2(4,5)1-7-6;3-1-2(4,5)6;2-1-3/h6-8,11,20H,9-10,19H2,1-5H3;27H,3-6,26H2,1-2H3;9H,4-6,8H2,1-3H3;8H,4-5,7H2,1-3H3;1H2;1H2;1H2. The number of halogens is 22. The molecule has 81 heavy (non-hydrogen) atoms. The molecule has 1 rings (SSSR count). The van der Waals surface area contributed by atoms with Gasteiger partial charge in [0.1, 0.15) is 45.7 Å². The number of ether oxygens (including phenoxy) is 2. The number of alkyl halides is 20. The number of nitrogens with zero attached hydrogens (tertiary/aromatic N) is 1. The molecule has 0 heterocycles. The highest BCUT2D eigenvalue weighted by molar-refractivity contribution is 6.90. The van der Waals surface area contributed by atoms with E-state index in [0.29, 0.717) is 11.7 Å². The van der Waals surface area contributed by atoms with Crippen LogP contribution in [0.4, 0.5) is 107 Å². The van der Waals surface area contributed by atoms with E-state index in [9.17, 15) is 102 Å². The molecule has 0 aliphatic rings. The minimum absolute atomic E-state index is 0.0520. The van der Waals surface area contributed by atoms with E-state index in [1.807, 2.05) is 25.2 Å². The highest BCUT2D eigenvalue weighted by atomic mass is 28.4. The van der Waals surface area contributed by atoms with Gasteiger partial charge in [-0.25, -0.2) is 18.0 Å². The van der Waals surface area contributed by atoms with Gasteiger partial charge >= 0.3 is 48.8 Å². The highest BCUT2D eigenvalue weighted by Crippen LogP contribution is 2.51. The van der Waals surface area contributed by atoms with Crippen molar-refractivity contribution in [2.24, 2.45) is 0 Å². The molecule has 9 nitrogen and oxygen atoms in total. The van der Waals surface area contributed by atoms with Crippen molar-refractivity contribution >= 4 is 100 Å². The molecule has 0 spiro atoms. The number of anilines is 1. The van der Waals surface area contributed by atoms with E-state index < -0.39 is 136 Å². The lowest BCUT2D eigenvalue weighted by Crippen LogP contribution is -2.60. The highest BCUT2D eigenvalue weighted by Gasteiger charge is 2.78. The third kappa shape index (κ3) is 54.0. The SMILES string of the molecule is CCCC[SiH2]O[SiH](C)C.CCC[SiH2]O[SiH](C)C.CN(C(=O)F)c1cccc([Si](C)(C)CC[SiH2]O[SiH](C)C)c1.C[SiH](C)O[SiH2]CCCOCC(F)(OC(F)(F)C(F)(F)C(F)(F)F)C(F)(F)F.FCC(F)(F)F.FCF.FOCC(F)(F)F. The van der Waals surface area contributed by atoms with Crippen LogP contribution in [0.3, 0.4) is 0 Å². The summed E-state index contributed by atoms with van der Waals surface area (Å²) in [4.78, 5) is 14.2. The number of carbonyl (C=O) groups excluding carboxylic acids is 1. The van der Waals surface area contributed by atoms with E-state index in [0.717, 1.165) is 4.90 Å². The normalized spacial score (nSPS) is 13.6. The molecular formula is C41H83F22NO8Si9. The van der Waals surface area contributed by atoms with Crippen LogP contribution in [0, 0.1) is 0 Å². The fourth-order valence-electron chi connectivity index (χ4n) is 4.84. The maximum absolute atomic E-state index is 13.7. The Balaban J connectivity index is -0.000000227. The van der Waals surface area contributed by atoms with Gasteiger partial charge in [0.05, 0.1) is 8.07 Å². The fourth-order valence-corrected chi connectivity index (χ4v) is 21.9. The second kappa shape index (κ2) is 47.9. The van der Waals surface area contributed by atoms with Gasteiger partial charge in [0.25, 0.3) is 0 Å². The van der Waals surface area contributed by atoms with Crippen LogP contribution in [0.5, 0.6) is 0 Å².